The lowest BCUT2D eigenvalue weighted by Gasteiger charge is -2.19. The van der Waals surface area contributed by atoms with Crippen LogP contribution in [0.1, 0.15) is 11.3 Å². The summed E-state index contributed by atoms with van der Waals surface area (Å²) in [5.41, 5.74) is 2.65. The first-order valence-electron chi connectivity index (χ1n) is 5.51. The zero-order chi connectivity index (χ0) is 13.0. The molecule has 0 unspecified atom stereocenters. The number of aromatic nitrogens is 1. The Kier molecular flexibility index (Phi) is 3.96. The SMILES string of the molecule is CN(Cc1cccc(Br)c1)c1ccc(C#N)nc1. The number of pyridine rings is 1. The van der Waals surface area contributed by atoms with E-state index in [4.69, 9.17) is 5.26 Å². The molecule has 0 fully saturated rings. The van der Waals surface area contributed by atoms with E-state index in [0.717, 1.165) is 16.7 Å². The van der Waals surface area contributed by atoms with E-state index in [2.05, 4.69) is 37.9 Å². The maximum absolute atomic E-state index is 8.70. The second-order valence-corrected chi connectivity index (χ2v) is 4.92. The van der Waals surface area contributed by atoms with Gasteiger partial charge in [0.1, 0.15) is 11.8 Å². The summed E-state index contributed by atoms with van der Waals surface area (Å²) < 4.78 is 1.08. The number of nitriles is 1. The lowest BCUT2D eigenvalue weighted by Crippen LogP contribution is -2.16. The fraction of sp³-hybridized carbons (Fsp3) is 0.143. The van der Waals surface area contributed by atoms with Crippen LogP contribution in [0.15, 0.2) is 47.1 Å². The first-order valence-corrected chi connectivity index (χ1v) is 6.30. The van der Waals surface area contributed by atoms with Crippen LogP contribution in [-0.4, -0.2) is 12.0 Å². The summed E-state index contributed by atoms with van der Waals surface area (Å²) >= 11 is 3.46. The summed E-state index contributed by atoms with van der Waals surface area (Å²) in [5.74, 6) is 0. The predicted molar refractivity (Wildman–Crippen MR) is 75.2 cm³/mol. The summed E-state index contributed by atoms with van der Waals surface area (Å²) in [5, 5.41) is 8.70. The van der Waals surface area contributed by atoms with Crippen molar-refractivity contribution in [3.8, 4) is 6.07 Å². The third kappa shape index (κ3) is 3.08. The van der Waals surface area contributed by atoms with Crippen molar-refractivity contribution in [3.05, 3.63) is 58.3 Å². The van der Waals surface area contributed by atoms with Crippen molar-refractivity contribution in [2.24, 2.45) is 0 Å². The van der Waals surface area contributed by atoms with Crippen molar-refractivity contribution < 1.29 is 0 Å². The van der Waals surface area contributed by atoms with Gasteiger partial charge in [0.25, 0.3) is 0 Å². The highest BCUT2D eigenvalue weighted by molar-refractivity contribution is 9.10. The van der Waals surface area contributed by atoms with Crippen molar-refractivity contribution >= 4 is 21.6 Å². The van der Waals surface area contributed by atoms with Gasteiger partial charge in [-0.2, -0.15) is 5.26 Å². The highest BCUT2D eigenvalue weighted by atomic mass is 79.9. The molecule has 0 saturated heterocycles. The van der Waals surface area contributed by atoms with Gasteiger partial charge in [0.05, 0.1) is 11.9 Å². The minimum Gasteiger partial charge on any atom is -0.369 e. The number of benzene rings is 1. The maximum atomic E-state index is 8.70. The lowest BCUT2D eigenvalue weighted by molar-refractivity contribution is 0.916. The number of nitrogens with zero attached hydrogens (tertiary/aromatic N) is 3. The Hall–Kier alpha value is -1.86. The highest BCUT2D eigenvalue weighted by Gasteiger charge is 2.03. The number of rotatable bonds is 3. The van der Waals surface area contributed by atoms with Gasteiger partial charge in [0, 0.05) is 18.1 Å². The van der Waals surface area contributed by atoms with Crippen LogP contribution >= 0.6 is 15.9 Å². The zero-order valence-corrected chi connectivity index (χ0v) is 11.6. The Balaban J connectivity index is 2.12. The van der Waals surface area contributed by atoms with Crippen molar-refractivity contribution in [2.45, 2.75) is 6.54 Å². The highest BCUT2D eigenvalue weighted by Crippen LogP contribution is 2.17. The van der Waals surface area contributed by atoms with E-state index in [1.54, 1.807) is 12.3 Å². The van der Waals surface area contributed by atoms with Crippen molar-refractivity contribution in [1.82, 2.24) is 4.98 Å². The van der Waals surface area contributed by atoms with Gasteiger partial charge in [-0.25, -0.2) is 4.98 Å². The van der Waals surface area contributed by atoms with E-state index in [9.17, 15) is 0 Å². The summed E-state index contributed by atoms with van der Waals surface area (Å²) in [4.78, 5) is 6.16. The third-order valence-corrected chi connectivity index (χ3v) is 3.11. The molecule has 3 nitrogen and oxygen atoms in total. The van der Waals surface area contributed by atoms with Crippen molar-refractivity contribution in [1.29, 1.82) is 5.26 Å². The molecule has 0 N–H and O–H groups in total. The molecule has 0 bridgehead atoms. The zero-order valence-electron chi connectivity index (χ0n) is 9.97. The molecule has 0 amide bonds. The Bertz CT molecular complexity index is 572. The molecule has 2 aromatic rings. The molecule has 1 aromatic carbocycles. The molecule has 0 atom stereocenters. The number of hydrogen-bond donors (Lipinski definition) is 0. The molecule has 0 aliphatic heterocycles. The number of halogens is 1. The van der Waals surface area contributed by atoms with Crippen LogP contribution in [0, 0.1) is 11.3 Å². The largest absolute Gasteiger partial charge is 0.369 e. The average molecular weight is 302 g/mol. The Morgan fingerprint density at radius 2 is 2.17 bits per heavy atom. The van der Waals surface area contributed by atoms with Crippen LogP contribution in [-0.2, 0) is 6.54 Å². The Morgan fingerprint density at radius 3 is 2.78 bits per heavy atom. The van der Waals surface area contributed by atoms with Gasteiger partial charge in [-0.3, -0.25) is 0 Å². The van der Waals surface area contributed by atoms with Gasteiger partial charge in [-0.05, 0) is 29.8 Å². The Morgan fingerprint density at radius 1 is 1.33 bits per heavy atom. The first kappa shape index (κ1) is 12.6. The molecule has 0 saturated carbocycles. The molecule has 0 spiro atoms. The van der Waals surface area contributed by atoms with Gasteiger partial charge < -0.3 is 4.90 Å². The van der Waals surface area contributed by atoms with E-state index in [-0.39, 0.29) is 0 Å². The summed E-state index contributed by atoms with van der Waals surface area (Å²) in [6.07, 6.45) is 1.72. The maximum Gasteiger partial charge on any atom is 0.140 e. The van der Waals surface area contributed by atoms with E-state index in [0.29, 0.717) is 5.69 Å². The number of anilines is 1. The second kappa shape index (κ2) is 5.65. The summed E-state index contributed by atoms with van der Waals surface area (Å²) in [6.45, 7) is 0.799. The second-order valence-electron chi connectivity index (χ2n) is 4.00. The van der Waals surface area contributed by atoms with Gasteiger partial charge >= 0.3 is 0 Å². The molecular formula is C14H12BrN3. The van der Waals surface area contributed by atoms with Gasteiger partial charge in [-0.15, -0.1) is 0 Å². The normalized spacial score (nSPS) is 9.83. The monoisotopic (exact) mass is 301 g/mol. The molecule has 0 aliphatic rings. The Labute approximate surface area is 115 Å². The first-order chi connectivity index (χ1) is 8.69. The molecule has 2 rings (SSSR count). The lowest BCUT2D eigenvalue weighted by atomic mass is 10.2. The minimum atomic E-state index is 0.439. The molecule has 0 radical (unpaired) electrons. The summed E-state index contributed by atoms with van der Waals surface area (Å²) in [7, 11) is 2.00. The van der Waals surface area contributed by atoms with Gasteiger partial charge in [0.15, 0.2) is 0 Å². The van der Waals surface area contributed by atoms with Gasteiger partial charge in [-0.1, -0.05) is 28.1 Å². The predicted octanol–water partition coefficient (Wildman–Crippen LogP) is 3.35. The van der Waals surface area contributed by atoms with E-state index in [1.165, 1.54) is 5.56 Å². The smallest absolute Gasteiger partial charge is 0.140 e. The van der Waals surface area contributed by atoms with Crippen molar-refractivity contribution in [2.75, 3.05) is 11.9 Å². The third-order valence-electron chi connectivity index (χ3n) is 2.61. The van der Waals surface area contributed by atoms with E-state index in [1.807, 2.05) is 31.3 Å². The quantitative estimate of drug-likeness (QED) is 0.873. The minimum absolute atomic E-state index is 0.439. The van der Waals surface area contributed by atoms with Crippen LogP contribution in [0.4, 0.5) is 5.69 Å². The van der Waals surface area contributed by atoms with E-state index < -0.39 is 0 Å². The van der Waals surface area contributed by atoms with E-state index >= 15 is 0 Å². The van der Waals surface area contributed by atoms with Crippen molar-refractivity contribution in [3.63, 3.8) is 0 Å². The van der Waals surface area contributed by atoms with Crippen LogP contribution < -0.4 is 4.90 Å². The van der Waals surface area contributed by atoms with Crippen LogP contribution in [0.3, 0.4) is 0 Å². The average Bonchev–Trinajstić information content (AvgIpc) is 2.39. The van der Waals surface area contributed by atoms with Crippen LogP contribution in [0.2, 0.25) is 0 Å². The summed E-state index contributed by atoms with van der Waals surface area (Å²) in [6, 6.07) is 13.8. The fourth-order valence-electron chi connectivity index (χ4n) is 1.68. The standard InChI is InChI=1S/C14H12BrN3/c1-18(10-11-3-2-4-12(15)7-11)14-6-5-13(8-16)17-9-14/h2-7,9H,10H2,1H3. The molecule has 1 aromatic heterocycles. The van der Waals surface area contributed by atoms with Crippen LogP contribution in [0.25, 0.3) is 0 Å². The van der Waals surface area contributed by atoms with Crippen LogP contribution in [0.5, 0.6) is 0 Å². The molecule has 0 aliphatic carbocycles. The fourth-order valence-corrected chi connectivity index (χ4v) is 2.13. The molecule has 4 heteroatoms. The molecule has 90 valence electrons. The molecule has 18 heavy (non-hydrogen) atoms. The molecule has 1 heterocycles. The number of hydrogen-bond acceptors (Lipinski definition) is 3. The van der Waals surface area contributed by atoms with Gasteiger partial charge in [0.2, 0.25) is 0 Å². The molecular weight excluding hydrogens is 290 g/mol. The topological polar surface area (TPSA) is 39.9 Å².